The predicted molar refractivity (Wildman–Crippen MR) is 115 cm³/mol. The summed E-state index contributed by atoms with van der Waals surface area (Å²) in [6, 6.07) is 13.9. The Balaban J connectivity index is 1.53. The third kappa shape index (κ3) is 5.54. The molecular formula is C22H29N5O3. The first kappa shape index (κ1) is 21.7. The van der Waals surface area contributed by atoms with Crippen LogP contribution < -0.4 is 4.90 Å². The Morgan fingerprint density at radius 1 is 1.03 bits per heavy atom. The van der Waals surface area contributed by atoms with E-state index < -0.39 is 0 Å². The Labute approximate surface area is 177 Å². The van der Waals surface area contributed by atoms with Crippen LogP contribution in [-0.4, -0.2) is 84.8 Å². The number of carbonyl (C=O) groups is 2. The monoisotopic (exact) mass is 411 g/mol. The van der Waals surface area contributed by atoms with Crippen LogP contribution in [0.25, 0.3) is 11.3 Å². The summed E-state index contributed by atoms with van der Waals surface area (Å²) in [5.41, 5.74) is 1.87. The Hall–Kier alpha value is -3.00. The number of piperazine rings is 1. The number of nitrogens with zero attached hydrogens (tertiary/aromatic N) is 5. The topological polar surface area (TPSA) is 78.9 Å². The van der Waals surface area contributed by atoms with Crippen LogP contribution in [0, 0.1) is 0 Å². The van der Waals surface area contributed by atoms with E-state index in [0.29, 0.717) is 45.8 Å². The molecule has 0 atom stereocenters. The van der Waals surface area contributed by atoms with Gasteiger partial charge < -0.3 is 19.4 Å². The zero-order valence-electron chi connectivity index (χ0n) is 17.7. The van der Waals surface area contributed by atoms with Gasteiger partial charge in [-0.05, 0) is 12.1 Å². The number of aromatic nitrogens is 2. The van der Waals surface area contributed by atoms with Gasteiger partial charge in [-0.3, -0.25) is 9.59 Å². The summed E-state index contributed by atoms with van der Waals surface area (Å²) in [4.78, 5) is 30.3. The molecule has 0 saturated carbocycles. The Kier molecular flexibility index (Phi) is 7.73. The molecule has 1 aromatic heterocycles. The van der Waals surface area contributed by atoms with Crippen LogP contribution in [0.5, 0.6) is 0 Å². The number of amides is 2. The van der Waals surface area contributed by atoms with E-state index in [4.69, 9.17) is 4.74 Å². The lowest BCUT2D eigenvalue weighted by Gasteiger charge is -2.36. The number of hydrogen-bond acceptors (Lipinski definition) is 6. The zero-order chi connectivity index (χ0) is 21.3. The minimum absolute atomic E-state index is 0.0296. The van der Waals surface area contributed by atoms with Crippen molar-refractivity contribution in [2.45, 2.75) is 13.3 Å². The van der Waals surface area contributed by atoms with Gasteiger partial charge in [0.2, 0.25) is 11.8 Å². The normalized spacial score (nSPS) is 13.9. The number of anilines is 1. The smallest absolute Gasteiger partial charge is 0.242 e. The van der Waals surface area contributed by atoms with E-state index in [2.05, 4.69) is 15.1 Å². The number of rotatable bonds is 8. The van der Waals surface area contributed by atoms with E-state index >= 15 is 0 Å². The molecule has 2 heterocycles. The van der Waals surface area contributed by atoms with Crippen LogP contribution in [0.15, 0.2) is 42.5 Å². The second kappa shape index (κ2) is 10.7. The zero-order valence-corrected chi connectivity index (χ0v) is 17.7. The molecule has 0 aliphatic carbocycles. The van der Waals surface area contributed by atoms with Gasteiger partial charge in [-0.1, -0.05) is 37.3 Å². The molecule has 30 heavy (non-hydrogen) atoms. The number of ether oxygens (including phenoxy) is 1. The minimum atomic E-state index is -0.0344. The fourth-order valence-corrected chi connectivity index (χ4v) is 3.42. The first-order chi connectivity index (χ1) is 14.6. The van der Waals surface area contributed by atoms with E-state index in [0.717, 1.165) is 17.1 Å². The van der Waals surface area contributed by atoms with Crippen molar-refractivity contribution < 1.29 is 14.3 Å². The van der Waals surface area contributed by atoms with Crippen LogP contribution in [0.1, 0.15) is 13.3 Å². The number of methoxy groups -OCH3 is 1. The molecule has 0 bridgehead atoms. The van der Waals surface area contributed by atoms with Crippen LogP contribution in [0.3, 0.4) is 0 Å². The van der Waals surface area contributed by atoms with Crippen molar-refractivity contribution in [2.75, 3.05) is 57.9 Å². The fourth-order valence-electron chi connectivity index (χ4n) is 3.42. The van der Waals surface area contributed by atoms with E-state index in [-0.39, 0.29) is 18.4 Å². The quantitative estimate of drug-likeness (QED) is 0.658. The van der Waals surface area contributed by atoms with Crippen molar-refractivity contribution in [2.24, 2.45) is 0 Å². The Morgan fingerprint density at radius 2 is 1.77 bits per heavy atom. The first-order valence-electron chi connectivity index (χ1n) is 10.3. The van der Waals surface area contributed by atoms with Crippen LogP contribution >= 0.6 is 0 Å². The SMILES string of the molecule is CCC(=O)N(CCOC)CC(=O)N1CCN(c2ccc(-c3ccccc3)nn2)CC1. The molecule has 2 aromatic rings. The summed E-state index contributed by atoms with van der Waals surface area (Å²) >= 11 is 0. The molecule has 0 radical (unpaired) electrons. The highest BCUT2D eigenvalue weighted by Crippen LogP contribution is 2.19. The lowest BCUT2D eigenvalue weighted by atomic mass is 10.1. The second-order valence-corrected chi connectivity index (χ2v) is 7.17. The standard InChI is InChI=1S/C22H29N5O3/c1-3-21(28)27(15-16-30-2)17-22(29)26-13-11-25(12-14-26)20-10-9-19(23-24-20)18-7-5-4-6-8-18/h4-10H,3,11-17H2,1-2H3. The van der Waals surface area contributed by atoms with Crippen molar-refractivity contribution in [1.82, 2.24) is 20.0 Å². The van der Waals surface area contributed by atoms with Gasteiger partial charge in [0.1, 0.15) is 0 Å². The average molecular weight is 412 g/mol. The van der Waals surface area contributed by atoms with E-state index in [1.807, 2.05) is 47.4 Å². The third-order valence-electron chi connectivity index (χ3n) is 5.22. The predicted octanol–water partition coefficient (Wildman–Crippen LogP) is 1.68. The fraction of sp³-hybridized carbons (Fsp3) is 0.455. The van der Waals surface area contributed by atoms with Gasteiger partial charge >= 0.3 is 0 Å². The molecule has 1 aromatic carbocycles. The van der Waals surface area contributed by atoms with E-state index in [9.17, 15) is 9.59 Å². The highest BCUT2D eigenvalue weighted by Gasteiger charge is 2.24. The molecule has 3 rings (SSSR count). The van der Waals surface area contributed by atoms with Crippen molar-refractivity contribution in [3.05, 3.63) is 42.5 Å². The number of carbonyl (C=O) groups excluding carboxylic acids is 2. The summed E-state index contributed by atoms with van der Waals surface area (Å²) in [5.74, 6) is 0.746. The van der Waals surface area contributed by atoms with E-state index in [1.54, 1.807) is 18.9 Å². The Bertz CT molecular complexity index is 820. The van der Waals surface area contributed by atoms with Gasteiger partial charge in [0.25, 0.3) is 0 Å². The van der Waals surface area contributed by atoms with Crippen molar-refractivity contribution >= 4 is 17.6 Å². The average Bonchev–Trinajstić information content (AvgIpc) is 2.82. The molecule has 1 saturated heterocycles. The van der Waals surface area contributed by atoms with E-state index in [1.165, 1.54) is 0 Å². The maximum Gasteiger partial charge on any atom is 0.242 e. The molecule has 1 aliphatic heterocycles. The number of benzene rings is 1. The molecule has 1 fully saturated rings. The van der Waals surface area contributed by atoms with Crippen molar-refractivity contribution in [1.29, 1.82) is 0 Å². The second-order valence-electron chi connectivity index (χ2n) is 7.17. The molecule has 0 N–H and O–H groups in total. The third-order valence-corrected chi connectivity index (χ3v) is 5.22. The van der Waals surface area contributed by atoms with Gasteiger partial charge in [0, 0.05) is 51.8 Å². The lowest BCUT2D eigenvalue weighted by molar-refractivity contribution is -0.141. The van der Waals surface area contributed by atoms with Crippen molar-refractivity contribution in [3.8, 4) is 11.3 Å². The Morgan fingerprint density at radius 3 is 2.37 bits per heavy atom. The molecule has 8 heteroatoms. The minimum Gasteiger partial charge on any atom is -0.383 e. The first-order valence-corrected chi connectivity index (χ1v) is 10.3. The van der Waals surface area contributed by atoms with Gasteiger partial charge in [0.05, 0.1) is 18.8 Å². The molecule has 0 spiro atoms. The molecule has 160 valence electrons. The highest BCUT2D eigenvalue weighted by atomic mass is 16.5. The van der Waals surface area contributed by atoms with Crippen molar-refractivity contribution in [3.63, 3.8) is 0 Å². The van der Waals surface area contributed by atoms with Crippen LogP contribution in [0.4, 0.5) is 5.82 Å². The molecule has 8 nitrogen and oxygen atoms in total. The maximum atomic E-state index is 12.7. The van der Waals surface area contributed by atoms with Crippen LogP contribution in [-0.2, 0) is 14.3 Å². The van der Waals surface area contributed by atoms with Gasteiger partial charge in [-0.25, -0.2) is 0 Å². The van der Waals surface area contributed by atoms with Gasteiger partial charge in [-0.2, -0.15) is 0 Å². The summed E-state index contributed by atoms with van der Waals surface area (Å²) < 4.78 is 5.06. The van der Waals surface area contributed by atoms with Crippen LogP contribution in [0.2, 0.25) is 0 Å². The summed E-state index contributed by atoms with van der Waals surface area (Å²) in [7, 11) is 1.59. The molecule has 0 unspecified atom stereocenters. The lowest BCUT2D eigenvalue weighted by Crippen LogP contribution is -2.52. The molecule has 2 amide bonds. The number of hydrogen-bond donors (Lipinski definition) is 0. The molecule has 1 aliphatic rings. The van der Waals surface area contributed by atoms with Gasteiger partial charge in [0.15, 0.2) is 5.82 Å². The summed E-state index contributed by atoms with van der Waals surface area (Å²) in [5, 5.41) is 8.72. The van der Waals surface area contributed by atoms with Gasteiger partial charge in [-0.15, -0.1) is 10.2 Å². The molecular weight excluding hydrogens is 382 g/mol. The summed E-state index contributed by atoms with van der Waals surface area (Å²) in [6.07, 6.45) is 0.377. The largest absolute Gasteiger partial charge is 0.383 e. The summed E-state index contributed by atoms with van der Waals surface area (Å²) in [6.45, 7) is 5.31. The highest BCUT2D eigenvalue weighted by molar-refractivity contribution is 5.85. The maximum absolute atomic E-state index is 12.7.